The van der Waals surface area contributed by atoms with E-state index in [9.17, 15) is 12.8 Å². The van der Waals surface area contributed by atoms with Gasteiger partial charge >= 0.3 is 0 Å². The van der Waals surface area contributed by atoms with E-state index >= 15 is 0 Å². The molecule has 1 aliphatic heterocycles. The number of piperazine rings is 1. The van der Waals surface area contributed by atoms with E-state index in [4.69, 9.17) is 4.18 Å². The zero-order chi connectivity index (χ0) is 17.2. The number of hydrogen-bond donors (Lipinski definition) is 0. The van der Waals surface area contributed by atoms with Gasteiger partial charge in [-0.25, -0.2) is 4.39 Å². The molecule has 0 spiro atoms. The maximum atomic E-state index is 13.9. The second-order valence-corrected chi connectivity index (χ2v) is 8.27. The molecule has 0 radical (unpaired) electrons. The van der Waals surface area contributed by atoms with Gasteiger partial charge in [0.2, 0.25) is 0 Å². The second kappa shape index (κ2) is 7.37. The Morgan fingerprint density at radius 1 is 1.08 bits per heavy atom. The van der Waals surface area contributed by atoms with Crippen LogP contribution in [0.1, 0.15) is 25.7 Å². The second-order valence-electron chi connectivity index (χ2n) is 6.67. The zero-order valence-corrected chi connectivity index (χ0v) is 14.8. The van der Waals surface area contributed by atoms with Crippen molar-refractivity contribution in [1.82, 2.24) is 4.90 Å². The first kappa shape index (κ1) is 17.6. The van der Waals surface area contributed by atoms with Crippen LogP contribution >= 0.6 is 0 Å². The van der Waals surface area contributed by atoms with E-state index in [0.29, 0.717) is 5.69 Å². The third kappa shape index (κ3) is 4.26. The molecule has 0 aromatic heterocycles. The van der Waals surface area contributed by atoms with E-state index < -0.39 is 10.1 Å². The molecule has 0 amide bonds. The summed E-state index contributed by atoms with van der Waals surface area (Å²) in [7, 11) is -3.44. The van der Waals surface area contributed by atoms with Crippen molar-refractivity contribution < 1.29 is 17.0 Å². The van der Waals surface area contributed by atoms with Crippen LogP contribution in [-0.2, 0) is 14.3 Å². The average Bonchev–Trinajstić information content (AvgIpc) is 2.55. The first-order chi connectivity index (χ1) is 11.4. The van der Waals surface area contributed by atoms with E-state index in [1.54, 1.807) is 12.1 Å². The third-order valence-corrected chi connectivity index (χ3v) is 5.54. The zero-order valence-electron chi connectivity index (χ0n) is 14.0. The number of rotatable bonds is 4. The maximum absolute atomic E-state index is 13.9. The molecule has 7 heteroatoms. The molecule has 2 aliphatic rings. The van der Waals surface area contributed by atoms with Crippen molar-refractivity contribution in [3.63, 3.8) is 0 Å². The standard InChI is InChI=1S/C17H25FN2O3S/c1-24(21,22)23-17-9-5-4-8-16(17)20-12-10-19(11-13-20)15-7-3-2-6-14(15)18/h2-3,6-7,16-17H,4-5,8-13H2,1H3/t16-,17-/m1/s1. The number of hydrogen-bond acceptors (Lipinski definition) is 5. The van der Waals surface area contributed by atoms with Crippen LogP contribution in [0.3, 0.4) is 0 Å². The van der Waals surface area contributed by atoms with Crippen molar-refractivity contribution in [3.05, 3.63) is 30.1 Å². The summed E-state index contributed by atoms with van der Waals surface area (Å²) in [5.74, 6) is -0.193. The van der Waals surface area contributed by atoms with Crippen LogP contribution in [-0.4, -0.2) is 57.9 Å². The summed E-state index contributed by atoms with van der Waals surface area (Å²) in [5.41, 5.74) is 0.643. The number of anilines is 1. The third-order valence-electron chi connectivity index (χ3n) is 4.94. The molecular weight excluding hydrogens is 331 g/mol. The van der Waals surface area contributed by atoms with Gasteiger partial charge in [0.05, 0.1) is 18.0 Å². The highest BCUT2D eigenvalue weighted by Crippen LogP contribution is 2.28. The lowest BCUT2D eigenvalue weighted by molar-refractivity contribution is 0.0373. The quantitative estimate of drug-likeness (QED) is 0.775. The topological polar surface area (TPSA) is 49.9 Å². The Hall–Kier alpha value is -1.18. The van der Waals surface area contributed by atoms with Crippen LogP contribution in [0.4, 0.5) is 10.1 Å². The summed E-state index contributed by atoms with van der Waals surface area (Å²) in [6.07, 6.45) is 4.71. The fourth-order valence-corrected chi connectivity index (χ4v) is 4.51. The van der Waals surface area contributed by atoms with Gasteiger partial charge in [-0.3, -0.25) is 9.08 Å². The van der Waals surface area contributed by atoms with Gasteiger partial charge in [0.25, 0.3) is 10.1 Å². The minimum absolute atomic E-state index is 0.135. The summed E-state index contributed by atoms with van der Waals surface area (Å²) < 4.78 is 42.3. The van der Waals surface area contributed by atoms with Gasteiger partial charge in [0.15, 0.2) is 0 Å². The minimum atomic E-state index is -3.44. The predicted octanol–water partition coefficient (Wildman–Crippen LogP) is 2.24. The Morgan fingerprint density at radius 3 is 2.42 bits per heavy atom. The highest BCUT2D eigenvalue weighted by molar-refractivity contribution is 7.86. The summed E-state index contributed by atoms with van der Waals surface area (Å²) in [6.45, 7) is 3.07. The number of halogens is 1. The summed E-state index contributed by atoms with van der Waals surface area (Å²) >= 11 is 0. The van der Waals surface area contributed by atoms with Crippen LogP contribution < -0.4 is 4.90 Å². The largest absolute Gasteiger partial charge is 0.367 e. The number of para-hydroxylation sites is 1. The van der Waals surface area contributed by atoms with Gasteiger partial charge in [-0.2, -0.15) is 8.42 Å². The van der Waals surface area contributed by atoms with Crippen molar-refractivity contribution in [2.75, 3.05) is 37.3 Å². The molecule has 1 aliphatic carbocycles. The molecule has 3 rings (SSSR count). The highest BCUT2D eigenvalue weighted by atomic mass is 32.2. The van der Waals surface area contributed by atoms with Crippen LogP contribution in [0.15, 0.2) is 24.3 Å². The molecule has 1 aromatic rings. The summed E-state index contributed by atoms with van der Waals surface area (Å²) in [5, 5.41) is 0. The first-order valence-electron chi connectivity index (χ1n) is 8.56. The SMILES string of the molecule is CS(=O)(=O)O[C@@H]1CCCC[C@H]1N1CCN(c2ccccc2F)CC1. The molecule has 0 N–H and O–H groups in total. The fraction of sp³-hybridized carbons (Fsp3) is 0.647. The van der Waals surface area contributed by atoms with Crippen LogP contribution in [0.25, 0.3) is 0 Å². The van der Waals surface area contributed by atoms with Gasteiger partial charge in [0.1, 0.15) is 5.82 Å². The first-order valence-corrected chi connectivity index (χ1v) is 10.4. The molecule has 5 nitrogen and oxygen atoms in total. The lowest BCUT2D eigenvalue weighted by Crippen LogP contribution is -2.55. The molecule has 1 heterocycles. The molecule has 2 atom stereocenters. The van der Waals surface area contributed by atoms with E-state index in [2.05, 4.69) is 9.80 Å². The Balaban J connectivity index is 1.63. The van der Waals surface area contributed by atoms with Gasteiger partial charge in [-0.1, -0.05) is 25.0 Å². The van der Waals surface area contributed by atoms with Crippen molar-refractivity contribution in [1.29, 1.82) is 0 Å². The highest BCUT2D eigenvalue weighted by Gasteiger charge is 2.34. The normalized spacial score (nSPS) is 26.5. The van der Waals surface area contributed by atoms with Crippen molar-refractivity contribution >= 4 is 15.8 Å². The molecule has 134 valence electrons. The molecule has 24 heavy (non-hydrogen) atoms. The van der Waals surface area contributed by atoms with Crippen molar-refractivity contribution in [2.24, 2.45) is 0 Å². The molecule has 1 saturated heterocycles. The molecule has 2 fully saturated rings. The lowest BCUT2D eigenvalue weighted by atomic mass is 9.91. The summed E-state index contributed by atoms with van der Waals surface area (Å²) in [4.78, 5) is 4.37. The molecule has 1 saturated carbocycles. The van der Waals surface area contributed by atoms with Crippen molar-refractivity contribution in [2.45, 2.75) is 37.8 Å². The van der Waals surface area contributed by atoms with Gasteiger partial charge in [0, 0.05) is 32.2 Å². The van der Waals surface area contributed by atoms with Crippen LogP contribution in [0.5, 0.6) is 0 Å². The fourth-order valence-electron chi connectivity index (χ4n) is 3.83. The van der Waals surface area contributed by atoms with Gasteiger partial charge in [-0.05, 0) is 25.0 Å². The minimum Gasteiger partial charge on any atom is -0.367 e. The van der Waals surface area contributed by atoms with Crippen molar-refractivity contribution in [3.8, 4) is 0 Å². The predicted molar refractivity (Wildman–Crippen MR) is 92.2 cm³/mol. The Kier molecular flexibility index (Phi) is 5.42. The average molecular weight is 356 g/mol. The Labute approximate surface area is 143 Å². The van der Waals surface area contributed by atoms with Gasteiger partial charge in [-0.15, -0.1) is 0 Å². The smallest absolute Gasteiger partial charge is 0.264 e. The van der Waals surface area contributed by atoms with E-state index in [1.807, 2.05) is 6.07 Å². The Morgan fingerprint density at radius 2 is 1.75 bits per heavy atom. The molecule has 1 aromatic carbocycles. The molecule has 0 unspecified atom stereocenters. The molecule has 0 bridgehead atoms. The van der Waals surface area contributed by atoms with Crippen LogP contribution in [0, 0.1) is 5.82 Å². The van der Waals surface area contributed by atoms with E-state index in [-0.39, 0.29) is 18.0 Å². The number of nitrogens with zero attached hydrogens (tertiary/aromatic N) is 2. The van der Waals surface area contributed by atoms with Gasteiger partial charge < -0.3 is 4.90 Å². The van der Waals surface area contributed by atoms with E-state index in [1.165, 1.54) is 6.07 Å². The lowest BCUT2D eigenvalue weighted by Gasteiger charge is -2.44. The monoisotopic (exact) mass is 356 g/mol. The molecular formula is C17H25FN2O3S. The van der Waals surface area contributed by atoms with E-state index in [0.717, 1.165) is 58.1 Å². The summed E-state index contributed by atoms with van der Waals surface area (Å²) in [6, 6.07) is 6.97. The maximum Gasteiger partial charge on any atom is 0.264 e. The number of benzene rings is 1. The van der Waals surface area contributed by atoms with Crippen LogP contribution in [0.2, 0.25) is 0 Å². The Bertz CT molecular complexity index is 660.